The highest BCUT2D eigenvalue weighted by atomic mass is 19.1. The number of aryl methyl sites for hydroxylation is 1. The zero-order valence-corrected chi connectivity index (χ0v) is 15.9. The van der Waals surface area contributed by atoms with E-state index in [9.17, 15) is 9.18 Å². The van der Waals surface area contributed by atoms with E-state index in [1.54, 1.807) is 16.8 Å². The van der Waals surface area contributed by atoms with Crippen LogP contribution in [0.1, 0.15) is 24.0 Å². The van der Waals surface area contributed by atoms with Gasteiger partial charge >= 0.3 is 5.97 Å². The molecule has 2 aromatic carbocycles. The summed E-state index contributed by atoms with van der Waals surface area (Å²) >= 11 is 0. The van der Waals surface area contributed by atoms with Gasteiger partial charge in [-0.05, 0) is 24.6 Å². The topological polar surface area (TPSA) is 56.1 Å². The van der Waals surface area contributed by atoms with Crippen LogP contribution in [0.2, 0.25) is 0 Å². The van der Waals surface area contributed by atoms with Crippen molar-refractivity contribution in [2.75, 3.05) is 12.4 Å². The van der Waals surface area contributed by atoms with E-state index in [-0.39, 0.29) is 5.82 Å². The lowest BCUT2D eigenvalue weighted by Crippen LogP contribution is -2.24. The van der Waals surface area contributed by atoms with Crippen molar-refractivity contribution in [1.29, 1.82) is 0 Å². The predicted molar refractivity (Wildman–Crippen MR) is 105 cm³/mol. The number of carbonyl (C=O) groups excluding carboxylic acids is 1. The summed E-state index contributed by atoms with van der Waals surface area (Å²) < 4.78 is 20.4. The number of allylic oxidation sites excluding steroid dienone is 1. The van der Waals surface area contributed by atoms with Crippen molar-refractivity contribution >= 4 is 11.8 Å². The van der Waals surface area contributed by atoms with Crippen molar-refractivity contribution in [3.63, 3.8) is 0 Å². The smallest absolute Gasteiger partial charge is 0.336 e. The lowest BCUT2D eigenvalue weighted by molar-refractivity contribution is -0.136. The minimum Gasteiger partial charge on any atom is -0.466 e. The van der Waals surface area contributed by atoms with E-state index in [1.807, 2.05) is 44.3 Å². The van der Waals surface area contributed by atoms with Gasteiger partial charge in [-0.15, -0.1) is 0 Å². The number of esters is 1. The van der Waals surface area contributed by atoms with Gasteiger partial charge in [-0.2, -0.15) is 5.10 Å². The van der Waals surface area contributed by atoms with Crippen molar-refractivity contribution in [2.45, 2.75) is 12.8 Å². The Balaban J connectivity index is 2.00. The summed E-state index contributed by atoms with van der Waals surface area (Å²) in [6, 6.07) is 16.0. The molecule has 0 aliphatic carbocycles. The molecular weight excluding hydrogens is 357 g/mol. The molecule has 1 aliphatic heterocycles. The van der Waals surface area contributed by atoms with Crippen LogP contribution in [-0.4, -0.2) is 22.9 Å². The fraction of sp³-hybridized carbons (Fsp3) is 0.182. The molecule has 2 heterocycles. The maximum absolute atomic E-state index is 13.6. The summed E-state index contributed by atoms with van der Waals surface area (Å²) in [5.41, 5.74) is 4.56. The second-order valence-electron chi connectivity index (χ2n) is 6.74. The number of methoxy groups -OCH3 is 1. The first kappa shape index (κ1) is 18.0. The number of benzene rings is 2. The fourth-order valence-electron chi connectivity index (χ4n) is 3.75. The Morgan fingerprint density at radius 3 is 2.46 bits per heavy atom. The van der Waals surface area contributed by atoms with Gasteiger partial charge in [0.15, 0.2) is 0 Å². The van der Waals surface area contributed by atoms with Crippen LogP contribution in [0.15, 0.2) is 65.9 Å². The quantitative estimate of drug-likeness (QED) is 0.694. The molecule has 5 nitrogen and oxygen atoms in total. The molecule has 1 aliphatic rings. The zero-order valence-electron chi connectivity index (χ0n) is 15.9. The Bertz CT molecular complexity index is 1070. The van der Waals surface area contributed by atoms with Gasteiger partial charge in [0.2, 0.25) is 0 Å². The standard InChI is InChI=1S/C22H20FN3O2/c1-13-17(22(27)28-3)18(14-9-11-16(23)12-10-14)19-20(15-7-5-4-6-8-15)25-26(2)21(19)24-13/h4-12,18,24H,1-3H3. The van der Waals surface area contributed by atoms with Crippen LogP contribution in [0.5, 0.6) is 0 Å². The summed E-state index contributed by atoms with van der Waals surface area (Å²) in [7, 11) is 3.22. The van der Waals surface area contributed by atoms with Crippen LogP contribution in [0.25, 0.3) is 11.3 Å². The van der Waals surface area contributed by atoms with Gasteiger partial charge in [-0.1, -0.05) is 42.5 Å². The SMILES string of the molecule is COC(=O)C1=C(C)Nc2c(c(-c3ccccc3)nn2C)C1c1ccc(F)cc1. The van der Waals surface area contributed by atoms with Crippen molar-refractivity contribution < 1.29 is 13.9 Å². The highest BCUT2D eigenvalue weighted by molar-refractivity contribution is 5.95. The van der Waals surface area contributed by atoms with Gasteiger partial charge in [0.1, 0.15) is 11.6 Å². The summed E-state index contributed by atoms with van der Waals surface area (Å²) in [6.07, 6.45) is 0. The maximum atomic E-state index is 13.6. The number of hydrogen-bond donors (Lipinski definition) is 1. The Kier molecular flexibility index (Phi) is 4.47. The lowest BCUT2D eigenvalue weighted by Gasteiger charge is -2.28. The lowest BCUT2D eigenvalue weighted by atomic mass is 9.80. The van der Waals surface area contributed by atoms with E-state index in [0.29, 0.717) is 11.3 Å². The van der Waals surface area contributed by atoms with E-state index in [0.717, 1.165) is 28.2 Å². The van der Waals surface area contributed by atoms with Gasteiger partial charge in [-0.3, -0.25) is 4.68 Å². The van der Waals surface area contributed by atoms with Gasteiger partial charge in [-0.25, -0.2) is 9.18 Å². The molecule has 1 unspecified atom stereocenters. The van der Waals surface area contributed by atoms with E-state index in [1.165, 1.54) is 19.2 Å². The average molecular weight is 377 g/mol. The summed E-state index contributed by atoms with van der Waals surface area (Å²) in [6.45, 7) is 1.83. The molecule has 6 heteroatoms. The highest BCUT2D eigenvalue weighted by Crippen LogP contribution is 2.46. The number of ether oxygens (including phenoxy) is 1. The van der Waals surface area contributed by atoms with Crippen LogP contribution in [0.3, 0.4) is 0 Å². The second kappa shape index (κ2) is 6.96. The Morgan fingerprint density at radius 2 is 1.82 bits per heavy atom. The van der Waals surface area contributed by atoms with Gasteiger partial charge in [0.05, 0.1) is 18.4 Å². The van der Waals surface area contributed by atoms with Crippen LogP contribution in [0, 0.1) is 5.82 Å². The van der Waals surface area contributed by atoms with Crippen molar-refractivity contribution in [3.05, 3.63) is 82.8 Å². The molecule has 0 amide bonds. The summed E-state index contributed by atoms with van der Waals surface area (Å²) in [4.78, 5) is 12.7. The van der Waals surface area contributed by atoms with E-state index >= 15 is 0 Å². The number of rotatable bonds is 3. The molecule has 28 heavy (non-hydrogen) atoms. The predicted octanol–water partition coefficient (Wildman–Crippen LogP) is 4.23. The molecule has 0 radical (unpaired) electrons. The molecule has 0 fully saturated rings. The number of halogens is 1. The maximum Gasteiger partial charge on any atom is 0.336 e. The minimum atomic E-state index is -0.423. The average Bonchev–Trinajstić information content (AvgIpc) is 3.04. The van der Waals surface area contributed by atoms with E-state index in [2.05, 4.69) is 5.32 Å². The van der Waals surface area contributed by atoms with Gasteiger partial charge in [0.25, 0.3) is 0 Å². The first-order valence-electron chi connectivity index (χ1n) is 8.95. The molecule has 142 valence electrons. The molecule has 0 spiro atoms. The number of carbonyl (C=O) groups is 1. The second-order valence-corrected chi connectivity index (χ2v) is 6.74. The van der Waals surface area contributed by atoms with Crippen LogP contribution in [0.4, 0.5) is 10.2 Å². The molecule has 3 aromatic rings. The molecule has 1 atom stereocenters. The van der Waals surface area contributed by atoms with E-state index in [4.69, 9.17) is 9.84 Å². The summed E-state index contributed by atoms with van der Waals surface area (Å²) in [5, 5.41) is 8.01. The first-order valence-corrected chi connectivity index (χ1v) is 8.95. The number of nitrogens with zero attached hydrogens (tertiary/aromatic N) is 2. The first-order chi connectivity index (χ1) is 13.5. The van der Waals surface area contributed by atoms with Gasteiger partial charge < -0.3 is 10.1 Å². The number of aromatic nitrogens is 2. The zero-order chi connectivity index (χ0) is 19.8. The third-order valence-electron chi connectivity index (χ3n) is 5.03. The third kappa shape index (κ3) is 2.87. The monoisotopic (exact) mass is 377 g/mol. The molecule has 0 saturated heterocycles. The molecule has 1 N–H and O–H groups in total. The number of anilines is 1. The third-order valence-corrected chi connectivity index (χ3v) is 5.03. The largest absolute Gasteiger partial charge is 0.466 e. The molecular formula is C22H20FN3O2. The molecule has 4 rings (SSSR count). The Hall–Kier alpha value is -3.41. The fourth-order valence-corrected chi connectivity index (χ4v) is 3.75. The molecule has 1 aromatic heterocycles. The van der Waals surface area contributed by atoms with Crippen LogP contribution < -0.4 is 5.32 Å². The van der Waals surface area contributed by atoms with Crippen LogP contribution >= 0.6 is 0 Å². The van der Waals surface area contributed by atoms with Crippen LogP contribution in [-0.2, 0) is 16.6 Å². The molecule has 0 saturated carbocycles. The van der Waals surface area contributed by atoms with E-state index < -0.39 is 11.9 Å². The normalized spacial score (nSPS) is 15.8. The molecule has 0 bridgehead atoms. The Morgan fingerprint density at radius 1 is 1.14 bits per heavy atom. The van der Waals surface area contributed by atoms with Crippen molar-refractivity contribution in [2.24, 2.45) is 7.05 Å². The van der Waals surface area contributed by atoms with Gasteiger partial charge in [0, 0.05) is 29.8 Å². The number of hydrogen-bond acceptors (Lipinski definition) is 4. The van der Waals surface area contributed by atoms with Crippen molar-refractivity contribution in [1.82, 2.24) is 9.78 Å². The Labute approximate surface area is 162 Å². The number of nitrogens with one attached hydrogen (secondary N) is 1. The number of fused-ring (bicyclic) bond motifs is 1. The van der Waals surface area contributed by atoms with Crippen molar-refractivity contribution in [3.8, 4) is 11.3 Å². The summed E-state index contributed by atoms with van der Waals surface area (Å²) in [5.74, 6) is -0.368. The highest BCUT2D eigenvalue weighted by Gasteiger charge is 2.37. The minimum absolute atomic E-state index is 0.326.